The summed E-state index contributed by atoms with van der Waals surface area (Å²) in [7, 11) is 0. The zero-order chi connectivity index (χ0) is 19.1. The van der Waals surface area contributed by atoms with Gasteiger partial charge in [-0.3, -0.25) is 9.59 Å². The molecule has 7 heteroatoms. The van der Waals surface area contributed by atoms with Crippen LogP contribution >= 0.6 is 11.6 Å². The fourth-order valence-corrected chi connectivity index (χ4v) is 2.69. The number of carbonyl (C=O) groups is 2. The molecular formula is C19H21ClN2O4. The van der Waals surface area contributed by atoms with Crippen LogP contribution in [0.4, 0.5) is 17.1 Å². The number of hydrogen-bond donors (Lipinski definition) is 3. The van der Waals surface area contributed by atoms with Crippen LogP contribution in [0.25, 0.3) is 0 Å². The van der Waals surface area contributed by atoms with Crippen molar-refractivity contribution in [3.63, 3.8) is 0 Å². The maximum atomic E-state index is 11.9. The molecule has 0 spiro atoms. The topological polar surface area (TPSA) is 87.7 Å². The lowest BCUT2D eigenvalue weighted by atomic mass is 10.1. The van der Waals surface area contributed by atoms with Gasteiger partial charge in [-0.25, -0.2) is 0 Å². The van der Waals surface area contributed by atoms with Gasteiger partial charge in [-0.2, -0.15) is 0 Å². The summed E-state index contributed by atoms with van der Waals surface area (Å²) in [5.74, 6) is -0.648. The van der Waals surface area contributed by atoms with Crippen LogP contribution in [0.3, 0.4) is 0 Å². The van der Waals surface area contributed by atoms with Crippen molar-refractivity contribution in [2.24, 2.45) is 0 Å². The van der Waals surface area contributed by atoms with Crippen LogP contribution in [0, 0.1) is 6.92 Å². The van der Waals surface area contributed by atoms with E-state index in [1.54, 1.807) is 24.3 Å². The number of esters is 1. The Balaban J connectivity index is 2.35. The van der Waals surface area contributed by atoms with Crippen LogP contribution in [0.5, 0.6) is 0 Å². The maximum Gasteiger partial charge on any atom is 0.310 e. The van der Waals surface area contributed by atoms with Gasteiger partial charge in [-0.15, -0.1) is 0 Å². The molecule has 0 saturated carbocycles. The Morgan fingerprint density at radius 2 is 2.00 bits per heavy atom. The molecule has 0 aliphatic heterocycles. The monoisotopic (exact) mass is 376 g/mol. The highest BCUT2D eigenvalue weighted by atomic mass is 35.5. The summed E-state index contributed by atoms with van der Waals surface area (Å²) in [6.45, 7) is 3.07. The van der Waals surface area contributed by atoms with Gasteiger partial charge in [0.25, 0.3) is 0 Å². The molecule has 2 aromatic rings. The molecule has 0 saturated heterocycles. The van der Waals surface area contributed by atoms with Crippen molar-refractivity contribution in [2.45, 2.75) is 20.3 Å². The molecule has 3 N–H and O–H groups in total. The average molecular weight is 377 g/mol. The zero-order valence-electron chi connectivity index (χ0n) is 14.6. The van der Waals surface area contributed by atoms with Crippen LogP contribution in [0.15, 0.2) is 36.4 Å². The molecule has 0 aromatic heterocycles. The maximum absolute atomic E-state index is 11.9. The van der Waals surface area contributed by atoms with E-state index >= 15 is 0 Å². The first-order chi connectivity index (χ1) is 12.4. The van der Waals surface area contributed by atoms with Crippen LogP contribution in [-0.2, 0) is 20.7 Å². The van der Waals surface area contributed by atoms with Crippen molar-refractivity contribution in [3.05, 3.63) is 52.5 Å². The van der Waals surface area contributed by atoms with Crippen molar-refractivity contribution in [1.29, 1.82) is 0 Å². The lowest BCUT2D eigenvalue weighted by Gasteiger charge is -2.16. The minimum absolute atomic E-state index is 0.0200. The Morgan fingerprint density at radius 1 is 1.23 bits per heavy atom. The fraction of sp³-hybridized carbons (Fsp3) is 0.263. The molecule has 0 atom stereocenters. The molecular weight excluding hydrogens is 356 g/mol. The van der Waals surface area contributed by atoms with E-state index in [-0.39, 0.29) is 25.5 Å². The van der Waals surface area contributed by atoms with Crippen LogP contribution < -0.4 is 10.6 Å². The number of halogens is 1. The fourth-order valence-electron chi connectivity index (χ4n) is 2.42. The standard InChI is InChI=1S/C19H21ClN2O4/c1-12-4-3-5-16(20)19(12)22-17-11-15(21-13(2)24)7-6-14(17)10-18(25)26-9-8-23/h3-7,11,22-23H,8-10H2,1-2H3,(H,21,24). The van der Waals surface area contributed by atoms with Crippen molar-refractivity contribution in [3.8, 4) is 0 Å². The Labute approximate surface area is 157 Å². The molecule has 26 heavy (non-hydrogen) atoms. The van der Waals surface area contributed by atoms with Crippen LogP contribution in [0.1, 0.15) is 18.1 Å². The molecule has 0 heterocycles. The summed E-state index contributed by atoms with van der Waals surface area (Å²) in [5.41, 5.74) is 3.57. The third kappa shape index (κ3) is 5.47. The van der Waals surface area contributed by atoms with Crippen LogP contribution in [0.2, 0.25) is 5.02 Å². The molecule has 0 unspecified atom stereocenters. The molecule has 2 rings (SSSR count). The zero-order valence-corrected chi connectivity index (χ0v) is 15.4. The van der Waals surface area contributed by atoms with Gasteiger partial charge in [0.2, 0.25) is 5.91 Å². The first kappa shape index (κ1) is 19.8. The number of aliphatic hydroxyl groups excluding tert-OH is 1. The predicted octanol–water partition coefficient (Wildman–Crippen LogP) is 3.43. The van der Waals surface area contributed by atoms with E-state index in [4.69, 9.17) is 21.4 Å². The number of rotatable bonds is 7. The highest BCUT2D eigenvalue weighted by Gasteiger charge is 2.13. The van der Waals surface area contributed by atoms with Crippen molar-refractivity contribution < 1.29 is 19.4 Å². The highest BCUT2D eigenvalue weighted by molar-refractivity contribution is 6.33. The van der Waals surface area contributed by atoms with E-state index in [0.717, 1.165) is 11.3 Å². The largest absolute Gasteiger partial charge is 0.463 e. The molecule has 0 bridgehead atoms. The van der Waals surface area contributed by atoms with E-state index in [1.165, 1.54) is 6.92 Å². The third-order valence-electron chi connectivity index (χ3n) is 3.60. The number of para-hydroxylation sites is 1. The first-order valence-electron chi connectivity index (χ1n) is 8.10. The summed E-state index contributed by atoms with van der Waals surface area (Å²) >= 11 is 6.28. The molecule has 0 radical (unpaired) electrons. The summed E-state index contributed by atoms with van der Waals surface area (Å²) in [6.07, 6.45) is 0.0200. The molecule has 1 amide bonds. The van der Waals surface area contributed by atoms with Gasteiger partial charge in [-0.05, 0) is 36.2 Å². The Morgan fingerprint density at radius 3 is 2.65 bits per heavy atom. The van der Waals surface area contributed by atoms with Crippen molar-refractivity contribution >= 4 is 40.5 Å². The lowest BCUT2D eigenvalue weighted by Crippen LogP contribution is -2.13. The van der Waals surface area contributed by atoms with E-state index in [2.05, 4.69) is 10.6 Å². The van der Waals surface area contributed by atoms with Gasteiger partial charge < -0.3 is 20.5 Å². The second-order valence-electron chi connectivity index (χ2n) is 5.73. The Hall–Kier alpha value is -2.57. The Kier molecular flexibility index (Phi) is 7.00. The van der Waals surface area contributed by atoms with Gasteiger partial charge in [-0.1, -0.05) is 29.8 Å². The molecule has 2 aromatic carbocycles. The van der Waals surface area contributed by atoms with Crippen molar-refractivity contribution in [2.75, 3.05) is 23.8 Å². The number of hydrogen-bond acceptors (Lipinski definition) is 5. The normalized spacial score (nSPS) is 10.3. The van der Waals surface area contributed by atoms with Crippen LogP contribution in [-0.4, -0.2) is 30.2 Å². The lowest BCUT2D eigenvalue weighted by molar-refractivity contribution is -0.143. The number of carbonyl (C=O) groups excluding carboxylic acids is 2. The first-order valence-corrected chi connectivity index (χ1v) is 8.47. The number of ether oxygens (including phenoxy) is 1. The number of aryl methyl sites for hydroxylation is 1. The van der Waals surface area contributed by atoms with E-state index in [9.17, 15) is 9.59 Å². The number of anilines is 3. The van der Waals surface area contributed by atoms with Gasteiger partial charge >= 0.3 is 5.97 Å². The quantitative estimate of drug-likeness (QED) is 0.644. The highest BCUT2D eigenvalue weighted by Crippen LogP contribution is 2.32. The number of benzene rings is 2. The molecule has 138 valence electrons. The SMILES string of the molecule is CC(=O)Nc1ccc(CC(=O)OCCO)c(Nc2c(C)cccc2Cl)c1. The summed E-state index contributed by atoms with van der Waals surface area (Å²) < 4.78 is 4.93. The van der Waals surface area contributed by atoms with E-state index in [0.29, 0.717) is 22.0 Å². The van der Waals surface area contributed by atoms with Gasteiger partial charge in [0, 0.05) is 18.3 Å². The molecule has 0 aliphatic carbocycles. The molecule has 0 fully saturated rings. The Bertz CT molecular complexity index is 788. The number of amides is 1. The smallest absolute Gasteiger partial charge is 0.310 e. The second-order valence-corrected chi connectivity index (χ2v) is 6.14. The number of aliphatic hydroxyl groups is 1. The van der Waals surface area contributed by atoms with E-state index < -0.39 is 5.97 Å². The molecule has 0 aliphatic rings. The van der Waals surface area contributed by atoms with Gasteiger partial charge in [0.05, 0.1) is 23.7 Å². The predicted molar refractivity (Wildman–Crippen MR) is 102 cm³/mol. The van der Waals surface area contributed by atoms with Gasteiger partial charge in [0.15, 0.2) is 0 Å². The third-order valence-corrected chi connectivity index (χ3v) is 3.92. The number of nitrogens with one attached hydrogen (secondary N) is 2. The molecule has 6 nitrogen and oxygen atoms in total. The summed E-state index contributed by atoms with van der Waals surface area (Å²) in [5, 5.41) is 15.3. The van der Waals surface area contributed by atoms with E-state index in [1.807, 2.05) is 19.1 Å². The van der Waals surface area contributed by atoms with Gasteiger partial charge in [0.1, 0.15) is 6.61 Å². The second kappa shape index (κ2) is 9.22. The van der Waals surface area contributed by atoms with Crippen molar-refractivity contribution in [1.82, 2.24) is 0 Å². The summed E-state index contributed by atoms with van der Waals surface area (Å²) in [4.78, 5) is 23.2. The minimum Gasteiger partial charge on any atom is -0.463 e. The summed E-state index contributed by atoms with van der Waals surface area (Å²) in [6, 6.07) is 10.7. The average Bonchev–Trinajstić information content (AvgIpc) is 2.58. The minimum atomic E-state index is -0.453.